The van der Waals surface area contributed by atoms with E-state index in [0.29, 0.717) is 47.3 Å². The first-order valence-electron chi connectivity index (χ1n) is 11.4. The van der Waals surface area contributed by atoms with Crippen LogP contribution in [0.2, 0.25) is 0 Å². The highest BCUT2D eigenvalue weighted by Crippen LogP contribution is 2.31. The molecule has 0 bridgehead atoms. The molecule has 0 unspecified atom stereocenters. The molecule has 0 spiro atoms. The Morgan fingerprint density at radius 1 is 1.00 bits per heavy atom. The van der Waals surface area contributed by atoms with Gasteiger partial charge < -0.3 is 5.32 Å². The van der Waals surface area contributed by atoms with Gasteiger partial charge in [-0.15, -0.1) is 0 Å². The van der Waals surface area contributed by atoms with Crippen molar-refractivity contribution < 1.29 is 22.4 Å². The average molecular weight is 494 g/mol. The summed E-state index contributed by atoms with van der Waals surface area (Å²) in [7, 11) is 0. The van der Waals surface area contributed by atoms with E-state index in [1.54, 1.807) is 36.4 Å². The van der Waals surface area contributed by atoms with Gasteiger partial charge in [0.25, 0.3) is 0 Å². The van der Waals surface area contributed by atoms with Gasteiger partial charge in [0.15, 0.2) is 0 Å². The highest BCUT2D eigenvalue weighted by Gasteiger charge is 2.30. The van der Waals surface area contributed by atoms with Crippen molar-refractivity contribution in [3.8, 4) is 6.07 Å². The minimum atomic E-state index is -4.43. The molecule has 1 aliphatic rings. The highest BCUT2D eigenvalue weighted by molar-refractivity contribution is 6.02. The van der Waals surface area contributed by atoms with E-state index in [4.69, 9.17) is 5.26 Å². The highest BCUT2D eigenvalue weighted by atomic mass is 19.4. The Hall–Kier alpha value is -3.96. The monoisotopic (exact) mass is 493 g/mol. The zero-order valence-corrected chi connectivity index (χ0v) is 19.3. The van der Waals surface area contributed by atoms with Gasteiger partial charge in [-0.3, -0.25) is 9.69 Å². The Morgan fingerprint density at radius 3 is 2.44 bits per heavy atom. The first-order chi connectivity index (χ1) is 17.2. The van der Waals surface area contributed by atoms with E-state index in [1.807, 2.05) is 11.0 Å². The summed E-state index contributed by atoms with van der Waals surface area (Å²) in [6, 6.07) is 20.2. The molecule has 0 saturated heterocycles. The van der Waals surface area contributed by atoms with E-state index in [2.05, 4.69) is 11.4 Å². The van der Waals surface area contributed by atoms with E-state index in [1.165, 1.54) is 18.2 Å². The predicted octanol–water partition coefficient (Wildman–Crippen LogP) is 5.69. The van der Waals surface area contributed by atoms with Gasteiger partial charge in [0.05, 0.1) is 17.2 Å². The molecule has 0 fully saturated rings. The first-order valence-corrected chi connectivity index (χ1v) is 11.4. The summed E-state index contributed by atoms with van der Waals surface area (Å²) < 4.78 is 53.1. The lowest BCUT2D eigenvalue weighted by atomic mass is 9.92. The van der Waals surface area contributed by atoms with Crippen LogP contribution >= 0.6 is 0 Å². The third kappa shape index (κ3) is 5.99. The fourth-order valence-corrected chi connectivity index (χ4v) is 4.26. The maximum atomic E-state index is 14.6. The standard InChI is InChI=1S/C28H23F4N3O/c29-26-7-2-1-6-24(26)23-12-13-35(17-21-5-3-4-20(14-21)15-33)18-25(23)27(36)34-16-19-8-10-22(11-9-19)28(30,31)32/h1-11,14H,12-13,16-18H2,(H,34,36). The smallest absolute Gasteiger partial charge is 0.348 e. The van der Waals surface area contributed by atoms with Gasteiger partial charge in [0, 0.05) is 37.3 Å². The molecule has 1 amide bonds. The summed E-state index contributed by atoms with van der Waals surface area (Å²) in [5.41, 5.74) is 2.61. The molecule has 3 aromatic carbocycles. The molecule has 4 rings (SSSR count). The minimum absolute atomic E-state index is 0.0369. The largest absolute Gasteiger partial charge is 0.416 e. The van der Waals surface area contributed by atoms with Crippen LogP contribution in [0.3, 0.4) is 0 Å². The number of carbonyl (C=O) groups excluding carboxylic acids is 1. The van der Waals surface area contributed by atoms with Crippen molar-refractivity contribution in [3.63, 3.8) is 0 Å². The summed E-state index contributed by atoms with van der Waals surface area (Å²) in [4.78, 5) is 15.3. The molecule has 4 nitrogen and oxygen atoms in total. The van der Waals surface area contributed by atoms with Crippen LogP contribution in [-0.2, 0) is 24.1 Å². The molecule has 1 N–H and O–H groups in total. The third-order valence-corrected chi connectivity index (χ3v) is 6.09. The summed E-state index contributed by atoms with van der Waals surface area (Å²) >= 11 is 0. The molecule has 0 aliphatic carbocycles. The summed E-state index contributed by atoms with van der Waals surface area (Å²) in [5, 5.41) is 11.9. The first kappa shape index (κ1) is 25.1. The lowest BCUT2D eigenvalue weighted by molar-refractivity contribution is -0.137. The van der Waals surface area contributed by atoms with Crippen LogP contribution in [-0.4, -0.2) is 23.9 Å². The van der Waals surface area contributed by atoms with Gasteiger partial charge in [-0.2, -0.15) is 18.4 Å². The van der Waals surface area contributed by atoms with Crippen LogP contribution in [0.4, 0.5) is 17.6 Å². The van der Waals surface area contributed by atoms with Crippen molar-refractivity contribution in [1.82, 2.24) is 10.2 Å². The molecule has 1 aliphatic heterocycles. The van der Waals surface area contributed by atoms with Crippen molar-refractivity contribution in [1.29, 1.82) is 5.26 Å². The number of rotatable bonds is 6. The fourth-order valence-electron chi connectivity index (χ4n) is 4.26. The number of amides is 1. The number of alkyl halides is 3. The van der Waals surface area contributed by atoms with Gasteiger partial charge in [0.2, 0.25) is 5.91 Å². The van der Waals surface area contributed by atoms with Crippen LogP contribution in [0.25, 0.3) is 5.57 Å². The molecule has 184 valence electrons. The predicted molar refractivity (Wildman–Crippen MR) is 128 cm³/mol. The topological polar surface area (TPSA) is 56.1 Å². The fraction of sp³-hybridized carbons (Fsp3) is 0.214. The summed E-state index contributed by atoms with van der Waals surface area (Å²) in [6.45, 7) is 1.40. The van der Waals surface area contributed by atoms with Gasteiger partial charge in [-0.25, -0.2) is 4.39 Å². The number of hydrogen-bond acceptors (Lipinski definition) is 3. The lowest BCUT2D eigenvalue weighted by Gasteiger charge is -2.31. The Balaban J connectivity index is 1.55. The Bertz CT molecular complexity index is 1320. The zero-order chi connectivity index (χ0) is 25.7. The van der Waals surface area contributed by atoms with Gasteiger partial charge >= 0.3 is 6.18 Å². The quantitative estimate of drug-likeness (QED) is 0.449. The van der Waals surface area contributed by atoms with Gasteiger partial charge in [-0.05, 0) is 53.5 Å². The van der Waals surface area contributed by atoms with Crippen LogP contribution in [0.1, 0.15) is 34.2 Å². The number of halogens is 4. The van der Waals surface area contributed by atoms with Crippen LogP contribution < -0.4 is 5.32 Å². The normalized spacial score (nSPS) is 14.4. The Morgan fingerprint density at radius 2 is 1.75 bits per heavy atom. The van der Waals surface area contributed by atoms with E-state index in [0.717, 1.165) is 17.7 Å². The number of nitrogens with one attached hydrogen (secondary N) is 1. The molecule has 0 saturated carbocycles. The number of nitriles is 1. The summed E-state index contributed by atoms with van der Waals surface area (Å²) in [6.07, 6.45) is -3.98. The lowest BCUT2D eigenvalue weighted by Crippen LogP contribution is -2.37. The molecular formula is C28H23F4N3O. The Kier molecular flexibility index (Phi) is 7.51. The van der Waals surface area contributed by atoms with Gasteiger partial charge in [-0.1, -0.05) is 42.5 Å². The van der Waals surface area contributed by atoms with E-state index < -0.39 is 23.5 Å². The second-order valence-electron chi connectivity index (χ2n) is 8.59. The maximum absolute atomic E-state index is 14.6. The molecule has 8 heteroatoms. The third-order valence-electron chi connectivity index (χ3n) is 6.09. The Labute approximate surface area is 206 Å². The minimum Gasteiger partial charge on any atom is -0.348 e. The molecule has 1 heterocycles. The number of benzene rings is 3. The van der Waals surface area contributed by atoms with Crippen LogP contribution in [0.15, 0.2) is 78.4 Å². The molecule has 0 aromatic heterocycles. The molecule has 0 radical (unpaired) electrons. The van der Waals surface area contributed by atoms with Crippen molar-refractivity contribution in [3.05, 3.63) is 112 Å². The number of carbonyl (C=O) groups is 1. The number of nitrogens with zero attached hydrogens (tertiary/aromatic N) is 2. The average Bonchev–Trinajstić information content (AvgIpc) is 2.87. The van der Waals surface area contributed by atoms with E-state index >= 15 is 0 Å². The van der Waals surface area contributed by atoms with E-state index in [-0.39, 0.29) is 13.1 Å². The van der Waals surface area contributed by atoms with Crippen LogP contribution in [0.5, 0.6) is 0 Å². The van der Waals surface area contributed by atoms with Crippen LogP contribution in [0, 0.1) is 17.1 Å². The molecule has 36 heavy (non-hydrogen) atoms. The second-order valence-corrected chi connectivity index (χ2v) is 8.59. The van der Waals surface area contributed by atoms with E-state index in [9.17, 15) is 22.4 Å². The SMILES string of the molecule is N#Cc1cccc(CN2CCC(c3ccccc3F)=C(C(=O)NCc3ccc(C(F)(F)F)cc3)C2)c1. The maximum Gasteiger partial charge on any atom is 0.416 e. The van der Waals surface area contributed by atoms with Crippen molar-refractivity contribution in [2.45, 2.75) is 25.7 Å². The van der Waals surface area contributed by atoms with Crippen molar-refractivity contribution in [2.24, 2.45) is 0 Å². The second kappa shape index (κ2) is 10.8. The van der Waals surface area contributed by atoms with Crippen molar-refractivity contribution >= 4 is 11.5 Å². The zero-order valence-electron chi connectivity index (χ0n) is 19.3. The van der Waals surface area contributed by atoms with Gasteiger partial charge in [0.1, 0.15) is 5.82 Å². The molecular weight excluding hydrogens is 470 g/mol. The molecule has 0 atom stereocenters. The summed E-state index contributed by atoms with van der Waals surface area (Å²) in [5.74, 6) is -0.820. The van der Waals surface area contributed by atoms with Crippen molar-refractivity contribution in [2.75, 3.05) is 13.1 Å². The molecule has 3 aromatic rings. The number of hydrogen-bond donors (Lipinski definition) is 1.